The van der Waals surface area contributed by atoms with Crippen LogP contribution in [-0.2, 0) is 11.3 Å². The van der Waals surface area contributed by atoms with Gasteiger partial charge in [-0.15, -0.1) is 0 Å². The van der Waals surface area contributed by atoms with Gasteiger partial charge in [0, 0.05) is 53.1 Å². The number of rotatable bonds is 2. The fraction of sp³-hybridized carbons (Fsp3) is 0.333. The van der Waals surface area contributed by atoms with Crippen LogP contribution < -0.4 is 15.5 Å². The number of ether oxygens (including phenoxy) is 1. The Labute approximate surface area is 165 Å². The molecule has 0 unspecified atom stereocenters. The molecule has 4 heteroatoms. The highest BCUT2D eigenvalue weighted by Crippen LogP contribution is 2.47. The van der Waals surface area contributed by atoms with Gasteiger partial charge in [-0.1, -0.05) is 36.4 Å². The Morgan fingerprint density at radius 2 is 2.00 bits per heavy atom. The van der Waals surface area contributed by atoms with Gasteiger partial charge in [-0.3, -0.25) is 0 Å². The molecule has 3 aromatic rings. The molecule has 28 heavy (non-hydrogen) atoms. The fourth-order valence-corrected chi connectivity index (χ4v) is 5.35. The predicted molar refractivity (Wildman–Crippen MR) is 115 cm³/mol. The van der Waals surface area contributed by atoms with Crippen LogP contribution in [0.5, 0.6) is 0 Å². The first-order valence-electron chi connectivity index (χ1n) is 10.4. The molecule has 3 aliphatic rings. The molecule has 4 nitrogen and oxygen atoms in total. The Bertz CT molecular complexity index is 1040. The SMILES string of the molecule is c1ccc2c(Nc3cc4c5c(c3)[C@@H]3CNCC[C@@H]3N5CCOC4)cccc2c1. The minimum absolute atomic E-state index is 0.579. The molecule has 1 saturated heterocycles. The second-order valence-corrected chi connectivity index (χ2v) is 8.14. The molecule has 0 saturated carbocycles. The van der Waals surface area contributed by atoms with Gasteiger partial charge in [-0.25, -0.2) is 0 Å². The van der Waals surface area contributed by atoms with Crippen LogP contribution in [-0.4, -0.2) is 32.3 Å². The number of anilines is 3. The molecule has 0 bridgehead atoms. The summed E-state index contributed by atoms with van der Waals surface area (Å²) in [7, 11) is 0. The summed E-state index contributed by atoms with van der Waals surface area (Å²) in [5, 5.41) is 9.84. The van der Waals surface area contributed by atoms with E-state index in [2.05, 4.69) is 70.1 Å². The lowest BCUT2D eigenvalue weighted by molar-refractivity contribution is 0.130. The molecule has 3 heterocycles. The maximum absolute atomic E-state index is 5.95. The minimum atomic E-state index is 0.579. The van der Waals surface area contributed by atoms with E-state index >= 15 is 0 Å². The first-order chi connectivity index (χ1) is 13.9. The van der Waals surface area contributed by atoms with Crippen molar-refractivity contribution in [1.29, 1.82) is 0 Å². The van der Waals surface area contributed by atoms with Crippen LogP contribution in [0.3, 0.4) is 0 Å². The van der Waals surface area contributed by atoms with E-state index in [0.717, 1.165) is 31.9 Å². The highest BCUT2D eigenvalue weighted by molar-refractivity contribution is 5.95. The maximum atomic E-state index is 5.95. The number of benzene rings is 3. The number of fused-ring (bicyclic) bond motifs is 4. The number of hydrogen-bond acceptors (Lipinski definition) is 4. The molecule has 142 valence electrons. The Morgan fingerprint density at radius 1 is 1.07 bits per heavy atom. The van der Waals surface area contributed by atoms with E-state index in [4.69, 9.17) is 4.74 Å². The van der Waals surface area contributed by atoms with Gasteiger partial charge < -0.3 is 20.3 Å². The molecule has 6 rings (SSSR count). The molecule has 0 spiro atoms. The second-order valence-electron chi connectivity index (χ2n) is 8.14. The largest absolute Gasteiger partial charge is 0.375 e. The molecule has 0 amide bonds. The number of hydrogen-bond donors (Lipinski definition) is 2. The van der Waals surface area contributed by atoms with Crippen LogP contribution >= 0.6 is 0 Å². The average molecular weight is 371 g/mol. The van der Waals surface area contributed by atoms with Crippen LogP contribution in [0.4, 0.5) is 17.1 Å². The molecule has 2 N–H and O–H groups in total. The van der Waals surface area contributed by atoms with Crippen LogP contribution in [0.1, 0.15) is 23.5 Å². The van der Waals surface area contributed by atoms with E-state index in [9.17, 15) is 0 Å². The summed E-state index contributed by atoms with van der Waals surface area (Å²) < 4.78 is 5.95. The highest BCUT2D eigenvalue weighted by atomic mass is 16.5. The summed E-state index contributed by atoms with van der Waals surface area (Å²) >= 11 is 0. The van der Waals surface area contributed by atoms with E-state index < -0.39 is 0 Å². The second kappa shape index (κ2) is 6.50. The maximum Gasteiger partial charge on any atom is 0.0738 e. The van der Waals surface area contributed by atoms with Gasteiger partial charge in [-0.05, 0) is 42.1 Å². The lowest BCUT2D eigenvalue weighted by Crippen LogP contribution is -2.44. The molecule has 1 fully saturated rings. The van der Waals surface area contributed by atoms with Crippen molar-refractivity contribution in [2.24, 2.45) is 0 Å². The summed E-state index contributed by atoms with van der Waals surface area (Å²) in [6, 6.07) is 20.3. The summed E-state index contributed by atoms with van der Waals surface area (Å²) in [6.07, 6.45) is 1.21. The summed E-state index contributed by atoms with van der Waals surface area (Å²) in [4.78, 5) is 2.63. The first kappa shape index (κ1) is 16.4. The van der Waals surface area contributed by atoms with Gasteiger partial charge in [0.2, 0.25) is 0 Å². The highest BCUT2D eigenvalue weighted by Gasteiger charge is 2.41. The topological polar surface area (TPSA) is 36.5 Å². The van der Waals surface area contributed by atoms with Crippen molar-refractivity contribution in [3.63, 3.8) is 0 Å². The van der Waals surface area contributed by atoms with Gasteiger partial charge >= 0.3 is 0 Å². The smallest absolute Gasteiger partial charge is 0.0738 e. The lowest BCUT2D eigenvalue weighted by Gasteiger charge is -2.33. The molecule has 2 atom stereocenters. The Kier molecular flexibility index (Phi) is 3.81. The van der Waals surface area contributed by atoms with Gasteiger partial charge in [0.1, 0.15) is 0 Å². The molecule has 0 aliphatic carbocycles. The third kappa shape index (κ3) is 2.52. The zero-order valence-electron chi connectivity index (χ0n) is 15.9. The standard InChI is InChI=1S/C24H25N3O/c1-2-6-19-16(4-1)5-3-7-22(19)26-18-12-17-15-28-11-10-27-23-8-9-25-14-21(23)20(13-18)24(17)27/h1-7,12-13,21,23,25-26H,8-11,14-15H2/t21-,23-/m0/s1. The van der Waals surface area contributed by atoms with E-state index in [1.54, 1.807) is 0 Å². The van der Waals surface area contributed by atoms with E-state index in [-0.39, 0.29) is 0 Å². The molecular formula is C24H25N3O. The van der Waals surface area contributed by atoms with Crippen LogP contribution in [0.15, 0.2) is 54.6 Å². The average Bonchev–Trinajstić information content (AvgIpc) is 2.90. The number of piperidine rings is 1. The normalized spacial score (nSPS) is 23.2. The minimum Gasteiger partial charge on any atom is -0.375 e. The fourth-order valence-electron chi connectivity index (χ4n) is 5.35. The lowest BCUT2D eigenvalue weighted by atomic mass is 9.89. The van der Waals surface area contributed by atoms with Crippen LogP contribution in [0, 0.1) is 0 Å². The molecule has 3 aromatic carbocycles. The molecule has 3 aliphatic heterocycles. The van der Waals surface area contributed by atoms with Gasteiger partial charge in [0.15, 0.2) is 0 Å². The van der Waals surface area contributed by atoms with Crippen molar-refractivity contribution in [3.8, 4) is 0 Å². The molecule has 0 radical (unpaired) electrons. The van der Waals surface area contributed by atoms with Crippen LogP contribution in [0.25, 0.3) is 10.8 Å². The summed E-state index contributed by atoms with van der Waals surface area (Å²) in [5.41, 5.74) is 6.59. The first-order valence-corrected chi connectivity index (χ1v) is 10.4. The molecule has 0 aromatic heterocycles. The van der Waals surface area contributed by atoms with Gasteiger partial charge in [0.05, 0.1) is 13.2 Å². The zero-order valence-corrected chi connectivity index (χ0v) is 15.9. The monoisotopic (exact) mass is 371 g/mol. The zero-order chi connectivity index (χ0) is 18.5. The van der Waals surface area contributed by atoms with Gasteiger partial charge in [0.25, 0.3) is 0 Å². The van der Waals surface area contributed by atoms with Crippen molar-refractivity contribution in [1.82, 2.24) is 5.32 Å². The Balaban J connectivity index is 1.45. The number of nitrogens with one attached hydrogen (secondary N) is 2. The summed E-state index contributed by atoms with van der Waals surface area (Å²) in [5.74, 6) is 0.579. The Hall–Kier alpha value is -2.56. The third-order valence-corrected chi connectivity index (χ3v) is 6.55. The molecular weight excluding hydrogens is 346 g/mol. The van der Waals surface area contributed by atoms with Gasteiger partial charge in [-0.2, -0.15) is 0 Å². The summed E-state index contributed by atoms with van der Waals surface area (Å²) in [6.45, 7) is 4.72. The van der Waals surface area contributed by atoms with Crippen molar-refractivity contribution in [2.45, 2.75) is 25.0 Å². The predicted octanol–water partition coefficient (Wildman–Crippen LogP) is 4.38. The van der Waals surface area contributed by atoms with Crippen molar-refractivity contribution < 1.29 is 4.74 Å². The number of nitrogens with zero attached hydrogens (tertiary/aromatic N) is 1. The van der Waals surface area contributed by atoms with Crippen molar-refractivity contribution in [2.75, 3.05) is 36.5 Å². The van der Waals surface area contributed by atoms with E-state index in [0.29, 0.717) is 18.6 Å². The van der Waals surface area contributed by atoms with E-state index in [1.807, 2.05) is 0 Å². The van der Waals surface area contributed by atoms with E-state index in [1.165, 1.54) is 39.7 Å². The quantitative estimate of drug-likeness (QED) is 0.701. The Morgan fingerprint density at radius 3 is 3.00 bits per heavy atom. The van der Waals surface area contributed by atoms with Crippen molar-refractivity contribution in [3.05, 3.63) is 65.7 Å². The third-order valence-electron chi connectivity index (χ3n) is 6.55. The van der Waals surface area contributed by atoms with Crippen molar-refractivity contribution >= 4 is 27.8 Å². The van der Waals surface area contributed by atoms with Crippen LogP contribution in [0.2, 0.25) is 0 Å².